The van der Waals surface area contributed by atoms with Crippen LogP contribution in [0.2, 0.25) is 0 Å². The molecule has 3 rings (SSSR count). The molecule has 0 radical (unpaired) electrons. The van der Waals surface area contributed by atoms with E-state index >= 15 is 0 Å². The smallest absolute Gasteiger partial charge is 0.349 e. The molecular formula is C18H19NO5S. The van der Waals surface area contributed by atoms with Crippen LogP contribution in [0.15, 0.2) is 53.4 Å². The van der Waals surface area contributed by atoms with Gasteiger partial charge in [0.2, 0.25) is 6.10 Å². The van der Waals surface area contributed by atoms with E-state index in [1.54, 1.807) is 55.5 Å². The molecule has 0 bridgehead atoms. The Morgan fingerprint density at radius 2 is 1.88 bits per heavy atom. The number of aryl methyl sites for hydroxylation is 1. The highest BCUT2D eigenvalue weighted by atomic mass is 32.2. The second kappa shape index (κ2) is 6.76. The molecule has 0 saturated carbocycles. The van der Waals surface area contributed by atoms with E-state index in [2.05, 4.69) is 0 Å². The van der Waals surface area contributed by atoms with Crippen molar-refractivity contribution in [2.75, 3.05) is 17.5 Å². The van der Waals surface area contributed by atoms with Gasteiger partial charge in [-0.25, -0.2) is 13.2 Å². The lowest BCUT2D eigenvalue weighted by Gasteiger charge is -2.34. The van der Waals surface area contributed by atoms with E-state index in [1.807, 2.05) is 6.92 Å². The van der Waals surface area contributed by atoms with Crippen LogP contribution in [-0.4, -0.2) is 33.6 Å². The minimum Gasteiger partial charge on any atom is -0.475 e. The first-order chi connectivity index (χ1) is 11.9. The molecule has 7 heteroatoms. The van der Waals surface area contributed by atoms with Crippen molar-refractivity contribution in [1.82, 2.24) is 0 Å². The number of para-hydroxylation sites is 2. The Morgan fingerprint density at radius 1 is 1.20 bits per heavy atom. The van der Waals surface area contributed by atoms with Gasteiger partial charge in [-0.3, -0.25) is 4.31 Å². The maximum atomic E-state index is 13.1. The van der Waals surface area contributed by atoms with E-state index in [0.717, 1.165) is 5.56 Å². The lowest BCUT2D eigenvalue weighted by molar-refractivity contribution is -0.151. The first-order valence-corrected chi connectivity index (χ1v) is 9.39. The van der Waals surface area contributed by atoms with Gasteiger partial charge in [-0.1, -0.05) is 29.8 Å². The lowest BCUT2D eigenvalue weighted by Crippen LogP contribution is -2.47. The molecule has 2 aromatic carbocycles. The summed E-state index contributed by atoms with van der Waals surface area (Å²) in [6, 6.07) is 13.3. The summed E-state index contributed by atoms with van der Waals surface area (Å²) in [5.74, 6) is -0.247. The molecule has 0 unspecified atom stereocenters. The normalized spacial score (nSPS) is 16.7. The summed E-state index contributed by atoms with van der Waals surface area (Å²) in [5, 5.41) is 0. The molecule has 1 atom stereocenters. The number of nitrogens with zero attached hydrogens (tertiary/aromatic N) is 1. The van der Waals surface area contributed by atoms with Crippen molar-refractivity contribution in [2.45, 2.75) is 24.8 Å². The molecule has 0 spiro atoms. The highest BCUT2D eigenvalue weighted by Crippen LogP contribution is 2.36. The largest absolute Gasteiger partial charge is 0.475 e. The van der Waals surface area contributed by atoms with Crippen molar-refractivity contribution in [3.05, 3.63) is 54.1 Å². The zero-order valence-corrected chi connectivity index (χ0v) is 14.8. The molecule has 0 aliphatic carbocycles. The zero-order chi connectivity index (χ0) is 18.0. The second-order valence-electron chi connectivity index (χ2n) is 5.68. The third-order valence-electron chi connectivity index (χ3n) is 3.89. The summed E-state index contributed by atoms with van der Waals surface area (Å²) in [4.78, 5) is 12.3. The average Bonchev–Trinajstić information content (AvgIpc) is 2.61. The van der Waals surface area contributed by atoms with Crippen molar-refractivity contribution < 1.29 is 22.7 Å². The number of benzene rings is 2. The summed E-state index contributed by atoms with van der Waals surface area (Å²) in [6.07, 6.45) is -1.00. The van der Waals surface area contributed by atoms with Crippen LogP contribution in [0.25, 0.3) is 0 Å². The summed E-state index contributed by atoms with van der Waals surface area (Å²) < 4.78 is 38.1. The van der Waals surface area contributed by atoms with Crippen LogP contribution in [0.1, 0.15) is 12.5 Å². The third kappa shape index (κ3) is 3.32. The van der Waals surface area contributed by atoms with Gasteiger partial charge in [0.25, 0.3) is 10.0 Å². The van der Waals surface area contributed by atoms with Crippen LogP contribution in [0.4, 0.5) is 5.69 Å². The molecule has 1 aliphatic rings. The summed E-state index contributed by atoms with van der Waals surface area (Å²) in [6.45, 7) is 3.64. The molecule has 1 heterocycles. The molecular weight excluding hydrogens is 342 g/mol. The van der Waals surface area contributed by atoms with Crippen LogP contribution >= 0.6 is 0 Å². The molecule has 0 saturated heterocycles. The number of carbonyl (C=O) groups is 1. The Balaban J connectivity index is 2.03. The summed E-state index contributed by atoms with van der Waals surface area (Å²) >= 11 is 0. The van der Waals surface area contributed by atoms with Gasteiger partial charge in [0.15, 0.2) is 0 Å². The van der Waals surface area contributed by atoms with Crippen LogP contribution in [0, 0.1) is 6.92 Å². The first kappa shape index (κ1) is 17.3. The van der Waals surface area contributed by atoms with Crippen molar-refractivity contribution >= 4 is 21.7 Å². The topological polar surface area (TPSA) is 72.9 Å². The average molecular weight is 361 g/mol. The van der Waals surface area contributed by atoms with E-state index in [4.69, 9.17) is 9.47 Å². The van der Waals surface area contributed by atoms with E-state index in [9.17, 15) is 13.2 Å². The monoisotopic (exact) mass is 361 g/mol. The molecule has 25 heavy (non-hydrogen) atoms. The van der Waals surface area contributed by atoms with Crippen molar-refractivity contribution in [3.8, 4) is 5.75 Å². The van der Waals surface area contributed by atoms with Gasteiger partial charge in [-0.05, 0) is 38.1 Å². The first-order valence-electron chi connectivity index (χ1n) is 7.95. The fourth-order valence-electron chi connectivity index (χ4n) is 2.63. The Bertz CT molecular complexity index is 877. The molecule has 132 valence electrons. The maximum absolute atomic E-state index is 13.1. The molecule has 1 aliphatic heterocycles. The number of fused-ring (bicyclic) bond motifs is 1. The van der Waals surface area contributed by atoms with Gasteiger partial charge in [0, 0.05) is 0 Å². The van der Waals surface area contributed by atoms with Gasteiger partial charge >= 0.3 is 5.97 Å². The van der Waals surface area contributed by atoms with Gasteiger partial charge < -0.3 is 9.47 Å². The van der Waals surface area contributed by atoms with Gasteiger partial charge in [-0.15, -0.1) is 0 Å². The van der Waals surface area contributed by atoms with Crippen LogP contribution in [0.3, 0.4) is 0 Å². The lowest BCUT2D eigenvalue weighted by atomic mass is 10.2. The highest BCUT2D eigenvalue weighted by Gasteiger charge is 2.38. The second-order valence-corrected chi connectivity index (χ2v) is 7.54. The molecule has 0 aromatic heterocycles. The SMILES string of the molecule is CCOC(=O)[C@H]1CN(S(=O)(=O)c2ccc(C)cc2)c2ccccc2O1. The molecule has 0 amide bonds. The predicted octanol–water partition coefficient (Wildman–Crippen LogP) is 2.51. The molecule has 0 N–H and O–H groups in total. The third-order valence-corrected chi connectivity index (χ3v) is 5.69. The highest BCUT2D eigenvalue weighted by molar-refractivity contribution is 7.92. The molecule has 2 aromatic rings. The number of rotatable bonds is 4. The number of ether oxygens (including phenoxy) is 2. The fourth-order valence-corrected chi connectivity index (χ4v) is 4.10. The van der Waals surface area contributed by atoms with E-state index < -0.39 is 22.1 Å². The standard InChI is InChI=1S/C18H19NO5S/c1-3-23-18(20)17-12-19(15-6-4-5-7-16(15)24-17)25(21,22)14-10-8-13(2)9-11-14/h4-11,17H,3,12H2,1-2H3/t17-/m1/s1. The maximum Gasteiger partial charge on any atom is 0.349 e. The predicted molar refractivity (Wildman–Crippen MR) is 93.2 cm³/mol. The minimum absolute atomic E-state index is 0.133. The molecule has 0 fully saturated rings. The number of sulfonamides is 1. The van der Waals surface area contributed by atoms with Crippen molar-refractivity contribution in [2.24, 2.45) is 0 Å². The van der Waals surface area contributed by atoms with E-state index in [0.29, 0.717) is 11.4 Å². The van der Waals surface area contributed by atoms with Gasteiger partial charge in [-0.2, -0.15) is 0 Å². The Morgan fingerprint density at radius 3 is 2.56 bits per heavy atom. The minimum atomic E-state index is -3.83. The van der Waals surface area contributed by atoms with Crippen LogP contribution < -0.4 is 9.04 Å². The Kier molecular flexibility index (Phi) is 4.67. The summed E-state index contributed by atoms with van der Waals surface area (Å²) in [5.41, 5.74) is 1.37. The van der Waals surface area contributed by atoms with Crippen LogP contribution in [0.5, 0.6) is 5.75 Å². The van der Waals surface area contributed by atoms with Crippen molar-refractivity contribution in [1.29, 1.82) is 0 Å². The van der Waals surface area contributed by atoms with Gasteiger partial charge in [0.05, 0.1) is 23.7 Å². The fraction of sp³-hybridized carbons (Fsp3) is 0.278. The van der Waals surface area contributed by atoms with Crippen LogP contribution in [-0.2, 0) is 19.6 Å². The molecule has 6 nitrogen and oxygen atoms in total. The van der Waals surface area contributed by atoms with Crippen molar-refractivity contribution in [3.63, 3.8) is 0 Å². The number of hydrogen-bond donors (Lipinski definition) is 0. The quantitative estimate of drug-likeness (QED) is 0.783. The number of esters is 1. The van der Waals surface area contributed by atoms with Gasteiger partial charge in [0.1, 0.15) is 5.75 Å². The number of hydrogen-bond acceptors (Lipinski definition) is 5. The van der Waals surface area contributed by atoms with E-state index in [-0.39, 0.29) is 18.0 Å². The Labute approximate surface area is 147 Å². The Hall–Kier alpha value is -2.54. The summed E-state index contributed by atoms with van der Waals surface area (Å²) in [7, 11) is -3.83. The number of anilines is 1. The number of carbonyl (C=O) groups excluding carboxylic acids is 1. The van der Waals surface area contributed by atoms with E-state index in [1.165, 1.54) is 4.31 Å². The zero-order valence-electron chi connectivity index (χ0n) is 14.0.